The van der Waals surface area contributed by atoms with E-state index >= 15 is 0 Å². The van der Waals surface area contributed by atoms with Gasteiger partial charge >= 0.3 is 0 Å². The Balaban J connectivity index is 1.81. The molecule has 1 aliphatic heterocycles. The zero-order valence-corrected chi connectivity index (χ0v) is 18.2. The normalized spacial score (nSPS) is 17.2. The van der Waals surface area contributed by atoms with Crippen LogP contribution < -0.4 is 5.32 Å². The minimum absolute atomic E-state index is 0.120. The zero-order valence-electron chi connectivity index (χ0n) is 18.2. The third-order valence-corrected chi connectivity index (χ3v) is 5.85. The molecular weight excluding hydrogens is 419 g/mol. The Labute approximate surface area is 191 Å². The Kier molecular flexibility index (Phi) is 6.45. The minimum atomic E-state index is -0.712. The standard InChI is InChI=1S/C26H23FN4O2/c1-2-3-13-31-24(17-7-6-12-29-16-17)23(20-8-4-5-9-21(20)26(31)33)25(32)30-19-10-11-22(27)18(14-19)15-28/h4-12,14,16,23-24H,2-3,13H2,1H3,(H,30,32)/t23-,24+/m1/s1. The Morgan fingerprint density at radius 3 is 2.76 bits per heavy atom. The number of benzene rings is 2. The highest BCUT2D eigenvalue weighted by atomic mass is 19.1. The molecule has 4 rings (SSSR count). The zero-order chi connectivity index (χ0) is 23.4. The molecule has 0 fully saturated rings. The van der Waals surface area contributed by atoms with E-state index in [4.69, 9.17) is 5.26 Å². The molecule has 2 amide bonds. The second kappa shape index (κ2) is 9.61. The number of aromatic nitrogens is 1. The van der Waals surface area contributed by atoms with Crippen molar-refractivity contribution in [1.82, 2.24) is 9.88 Å². The largest absolute Gasteiger partial charge is 0.330 e. The first-order valence-electron chi connectivity index (χ1n) is 10.9. The summed E-state index contributed by atoms with van der Waals surface area (Å²) < 4.78 is 13.8. The summed E-state index contributed by atoms with van der Waals surface area (Å²) in [4.78, 5) is 33.1. The van der Waals surface area contributed by atoms with Crippen LogP contribution in [0.5, 0.6) is 0 Å². The number of halogens is 1. The first kappa shape index (κ1) is 22.2. The molecule has 0 unspecified atom stereocenters. The molecule has 3 aromatic rings. The molecule has 2 atom stereocenters. The molecule has 0 saturated carbocycles. The van der Waals surface area contributed by atoms with E-state index in [1.807, 2.05) is 13.0 Å². The number of nitrogens with zero attached hydrogens (tertiary/aromatic N) is 3. The summed E-state index contributed by atoms with van der Waals surface area (Å²) in [6, 6.07) is 15.9. The van der Waals surface area contributed by atoms with E-state index in [-0.39, 0.29) is 17.4 Å². The van der Waals surface area contributed by atoms with Gasteiger partial charge < -0.3 is 10.2 Å². The van der Waals surface area contributed by atoms with Crippen LogP contribution in [-0.4, -0.2) is 28.2 Å². The quantitative estimate of drug-likeness (QED) is 0.593. The number of hydrogen-bond donors (Lipinski definition) is 1. The molecule has 2 aromatic carbocycles. The van der Waals surface area contributed by atoms with E-state index in [0.717, 1.165) is 24.5 Å². The molecule has 1 aliphatic rings. The Bertz CT molecular complexity index is 1220. The fourth-order valence-electron chi connectivity index (χ4n) is 4.28. The number of pyridine rings is 1. The first-order valence-corrected chi connectivity index (χ1v) is 10.9. The highest BCUT2D eigenvalue weighted by Gasteiger charge is 2.44. The Morgan fingerprint density at radius 2 is 2.03 bits per heavy atom. The molecular formula is C26H23FN4O2. The van der Waals surface area contributed by atoms with Crippen molar-refractivity contribution in [2.75, 3.05) is 11.9 Å². The SMILES string of the molecule is CCCCN1C(=O)c2ccccc2[C@@H](C(=O)Nc2ccc(F)c(C#N)c2)[C@@H]1c1cccnc1. The van der Waals surface area contributed by atoms with Crippen LogP contribution in [0.3, 0.4) is 0 Å². The van der Waals surface area contributed by atoms with Crippen LogP contribution in [0.25, 0.3) is 0 Å². The van der Waals surface area contributed by atoms with Crippen molar-refractivity contribution in [3.8, 4) is 6.07 Å². The Hall–Kier alpha value is -4.05. The molecule has 1 aromatic heterocycles. The maximum atomic E-state index is 13.8. The van der Waals surface area contributed by atoms with Crippen molar-refractivity contribution in [2.24, 2.45) is 0 Å². The van der Waals surface area contributed by atoms with Crippen LogP contribution >= 0.6 is 0 Å². The van der Waals surface area contributed by atoms with Crippen LogP contribution in [0.4, 0.5) is 10.1 Å². The van der Waals surface area contributed by atoms with Gasteiger partial charge in [-0.25, -0.2) is 4.39 Å². The third kappa shape index (κ3) is 4.33. The molecule has 1 N–H and O–H groups in total. The van der Waals surface area contributed by atoms with Crippen LogP contribution in [0, 0.1) is 17.1 Å². The predicted molar refractivity (Wildman–Crippen MR) is 122 cm³/mol. The molecule has 0 aliphatic carbocycles. The van der Waals surface area contributed by atoms with Crippen molar-refractivity contribution >= 4 is 17.5 Å². The molecule has 33 heavy (non-hydrogen) atoms. The highest BCUT2D eigenvalue weighted by Crippen LogP contribution is 2.43. The number of anilines is 1. The lowest BCUT2D eigenvalue weighted by Gasteiger charge is -2.41. The van der Waals surface area contributed by atoms with Crippen molar-refractivity contribution in [1.29, 1.82) is 5.26 Å². The molecule has 7 heteroatoms. The van der Waals surface area contributed by atoms with Crippen LogP contribution in [-0.2, 0) is 4.79 Å². The summed E-state index contributed by atoms with van der Waals surface area (Å²) in [5.74, 6) is -1.83. The van der Waals surface area contributed by atoms with E-state index in [9.17, 15) is 14.0 Å². The lowest BCUT2D eigenvalue weighted by Crippen LogP contribution is -2.46. The molecule has 0 spiro atoms. The monoisotopic (exact) mass is 442 g/mol. The second-order valence-electron chi connectivity index (χ2n) is 7.94. The van der Waals surface area contributed by atoms with Crippen molar-refractivity contribution in [3.63, 3.8) is 0 Å². The number of fused-ring (bicyclic) bond motifs is 1. The molecule has 166 valence electrons. The predicted octanol–water partition coefficient (Wildman–Crippen LogP) is 4.81. The van der Waals surface area contributed by atoms with E-state index in [2.05, 4.69) is 10.3 Å². The molecule has 0 bridgehead atoms. The summed E-state index contributed by atoms with van der Waals surface area (Å²) in [6.45, 7) is 2.55. The molecule has 0 saturated heterocycles. The van der Waals surface area contributed by atoms with E-state index < -0.39 is 17.8 Å². The summed E-state index contributed by atoms with van der Waals surface area (Å²) in [6.07, 6.45) is 5.02. The maximum Gasteiger partial charge on any atom is 0.254 e. The smallest absolute Gasteiger partial charge is 0.254 e. The summed E-state index contributed by atoms with van der Waals surface area (Å²) in [5.41, 5.74) is 2.04. The van der Waals surface area contributed by atoms with Crippen LogP contribution in [0.2, 0.25) is 0 Å². The van der Waals surface area contributed by atoms with Gasteiger partial charge in [0.15, 0.2) is 0 Å². The van der Waals surface area contributed by atoms with Crippen LogP contribution in [0.15, 0.2) is 67.0 Å². The molecule has 6 nitrogen and oxygen atoms in total. The number of rotatable bonds is 6. The number of unbranched alkanes of at least 4 members (excludes halogenated alkanes) is 1. The van der Waals surface area contributed by atoms with Gasteiger partial charge in [0.2, 0.25) is 5.91 Å². The van der Waals surface area contributed by atoms with E-state index in [0.29, 0.717) is 23.4 Å². The number of nitriles is 1. The van der Waals surface area contributed by atoms with Gasteiger partial charge in [-0.15, -0.1) is 0 Å². The van der Waals surface area contributed by atoms with Gasteiger partial charge in [0, 0.05) is 30.2 Å². The molecule has 0 radical (unpaired) electrons. The summed E-state index contributed by atoms with van der Waals surface area (Å²) >= 11 is 0. The number of carbonyl (C=O) groups is 2. The van der Waals surface area contributed by atoms with Crippen molar-refractivity contribution in [2.45, 2.75) is 31.7 Å². The van der Waals surface area contributed by atoms with E-state index in [1.54, 1.807) is 53.7 Å². The van der Waals surface area contributed by atoms with Gasteiger partial charge in [-0.3, -0.25) is 14.6 Å². The average Bonchev–Trinajstić information content (AvgIpc) is 2.85. The van der Waals surface area contributed by atoms with Gasteiger partial charge in [-0.05, 0) is 47.9 Å². The van der Waals surface area contributed by atoms with Gasteiger partial charge in [-0.1, -0.05) is 37.6 Å². The van der Waals surface area contributed by atoms with E-state index in [1.165, 1.54) is 12.1 Å². The minimum Gasteiger partial charge on any atom is -0.330 e. The Morgan fingerprint density at radius 1 is 1.21 bits per heavy atom. The fraction of sp³-hybridized carbons (Fsp3) is 0.231. The van der Waals surface area contributed by atoms with Gasteiger partial charge in [0.05, 0.1) is 17.5 Å². The van der Waals surface area contributed by atoms with Crippen LogP contribution in [0.1, 0.15) is 58.8 Å². The van der Waals surface area contributed by atoms with Crippen molar-refractivity contribution in [3.05, 3.63) is 95.1 Å². The number of amides is 2. The number of carbonyl (C=O) groups excluding carboxylic acids is 2. The second-order valence-corrected chi connectivity index (χ2v) is 7.94. The molecule has 2 heterocycles. The van der Waals surface area contributed by atoms with Crippen molar-refractivity contribution < 1.29 is 14.0 Å². The van der Waals surface area contributed by atoms with Gasteiger partial charge in [0.1, 0.15) is 11.9 Å². The lowest BCUT2D eigenvalue weighted by molar-refractivity contribution is -0.119. The summed E-state index contributed by atoms with van der Waals surface area (Å²) in [5, 5.41) is 12.0. The topological polar surface area (TPSA) is 86.1 Å². The average molecular weight is 442 g/mol. The first-order chi connectivity index (χ1) is 16.0. The maximum absolute atomic E-state index is 13.8. The van der Waals surface area contributed by atoms with Gasteiger partial charge in [0.25, 0.3) is 5.91 Å². The van der Waals surface area contributed by atoms with Gasteiger partial charge in [-0.2, -0.15) is 5.26 Å². The lowest BCUT2D eigenvalue weighted by atomic mass is 9.79. The number of nitrogens with one attached hydrogen (secondary N) is 1. The summed E-state index contributed by atoms with van der Waals surface area (Å²) in [7, 11) is 0. The third-order valence-electron chi connectivity index (χ3n) is 5.85. The highest BCUT2D eigenvalue weighted by molar-refractivity contribution is 6.04. The number of hydrogen-bond acceptors (Lipinski definition) is 4. The fourth-order valence-corrected chi connectivity index (χ4v) is 4.28.